The molecule has 0 heterocycles. The van der Waals surface area contributed by atoms with Crippen LogP contribution in [0.3, 0.4) is 0 Å². The van der Waals surface area contributed by atoms with Crippen LogP contribution in [0.2, 0.25) is 0 Å². The van der Waals surface area contributed by atoms with Crippen molar-refractivity contribution in [3.63, 3.8) is 0 Å². The minimum Gasteiger partial charge on any atom is -0.462 e. The topological polar surface area (TPSA) is 72.8 Å². The number of ether oxygens (including phenoxy) is 2. The van der Waals surface area contributed by atoms with E-state index >= 15 is 0 Å². The molecule has 0 aromatic heterocycles. The molecule has 0 bridgehead atoms. The third-order valence-electron chi connectivity index (χ3n) is 13.7. The third-order valence-corrected chi connectivity index (χ3v) is 13.7. The van der Waals surface area contributed by atoms with E-state index in [2.05, 4.69) is 98.9 Å². The molecule has 416 valence electrons. The lowest BCUT2D eigenvalue weighted by molar-refractivity contribution is -0.161. The lowest BCUT2D eigenvalue weighted by Crippen LogP contribution is -2.28. The lowest BCUT2D eigenvalue weighted by Gasteiger charge is -2.15. The van der Waals surface area contributed by atoms with Crippen molar-refractivity contribution in [1.29, 1.82) is 0 Å². The Kier molecular flexibility index (Phi) is 59.8. The van der Waals surface area contributed by atoms with Gasteiger partial charge < -0.3 is 14.6 Å². The summed E-state index contributed by atoms with van der Waals surface area (Å²) in [6.45, 7) is 4.05. The van der Waals surface area contributed by atoms with Crippen LogP contribution in [0.4, 0.5) is 0 Å². The third kappa shape index (κ3) is 59.6. The van der Waals surface area contributed by atoms with Gasteiger partial charge in [0.2, 0.25) is 0 Å². The molecule has 0 aromatic carbocycles. The number of rotatable bonds is 57. The molecule has 5 heteroatoms. The number of esters is 2. The van der Waals surface area contributed by atoms with Crippen LogP contribution in [-0.4, -0.2) is 36.4 Å². The Labute approximate surface area is 447 Å². The molecule has 1 N–H and O–H groups in total. The molecule has 0 radical (unpaired) electrons. The maximum absolute atomic E-state index is 12.3. The summed E-state index contributed by atoms with van der Waals surface area (Å²) in [7, 11) is 0. The van der Waals surface area contributed by atoms with Crippen LogP contribution in [0.5, 0.6) is 0 Å². The normalized spacial score (nSPS) is 12.8. The number of aliphatic hydroxyl groups is 1. The van der Waals surface area contributed by atoms with Gasteiger partial charge in [-0.1, -0.05) is 292 Å². The number of hydrogen-bond donors (Lipinski definition) is 1. The molecule has 1 atom stereocenters. The minimum absolute atomic E-state index is 0.0702. The van der Waals surface area contributed by atoms with Crippen LogP contribution in [0, 0.1) is 0 Å². The zero-order valence-corrected chi connectivity index (χ0v) is 47.7. The molecule has 0 amide bonds. The van der Waals surface area contributed by atoms with Gasteiger partial charge in [-0.3, -0.25) is 9.59 Å². The van der Waals surface area contributed by atoms with Gasteiger partial charge in [-0.15, -0.1) is 0 Å². The summed E-state index contributed by atoms with van der Waals surface area (Å²) in [5.74, 6) is -0.592. The summed E-state index contributed by atoms with van der Waals surface area (Å²) in [6, 6.07) is 0. The molecular formula is C67H118O5. The SMILES string of the molecule is CC/C=C\C/C=C\C/C=C\C/C=C\C/C=C\C/C=C\CCCCCCCCCCC(=O)OC(CO)COC(=O)CCCCCCCCCCCCCCCCCCCCC/C=C\CCCCCCCCCC. The second-order valence-electron chi connectivity index (χ2n) is 20.8. The molecule has 0 spiro atoms. The van der Waals surface area contributed by atoms with Crippen LogP contribution < -0.4 is 0 Å². The van der Waals surface area contributed by atoms with Crippen molar-refractivity contribution in [1.82, 2.24) is 0 Å². The highest BCUT2D eigenvalue weighted by Crippen LogP contribution is 2.17. The summed E-state index contributed by atoms with van der Waals surface area (Å²) in [6.07, 6.45) is 87.2. The Hall–Kier alpha value is -2.92. The second kappa shape index (κ2) is 62.4. The molecule has 5 nitrogen and oxygen atoms in total. The van der Waals surface area contributed by atoms with E-state index in [1.807, 2.05) is 0 Å². The summed E-state index contributed by atoms with van der Waals surface area (Å²) in [5.41, 5.74) is 0. The van der Waals surface area contributed by atoms with Crippen molar-refractivity contribution in [2.45, 2.75) is 315 Å². The molecule has 0 aromatic rings. The molecule has 1 unspecified atom stereocenters. The first-order valence-electron chi connectivity index (χ1n) is 31.1. The predicted molar refractivity (Wildman–Crippen MR) is 316 cm³/mol. The van der Waals surface area contributed by atoms with E-state index in [0.717, 1.165) is 83.5 Å². The highest BCUT2D eigenvalue weighted by atomic mass is 16.6. The lowest BCUT2D eigenvalue weighted by atomic mass is 10.0. The van der Waals surface area contributed by atoms with Gasteiger partial charge in [0.05, 0.1) is 6.61 Å². The standard InChI is InChI=1S/C67H118O5/c1-3-5-7-9-11-13-15-17-19-21-23-25-27-29-31-32-33-34-36-37-39-41-43-45-47-49-51-53-55-57-59-61-66(69)71-64-65(63-68)72-67(70)62-60-58-56-54-52-50-48-46-44-42-40-38-35-30-28-26-24-22-20-18-16-14-12-10-8-6-4-2/h6,8,12,14,18,20-21,23-24,26,30,35,40,42,65,68H,3-5,7,9-11,13,15-17,19,22,25,27-29,31-34,36-39,41,43-64H2,1-2H3/b8-6-,14-12-,20-18-,23-21-,26-24-,35-30-,42-40-. The van der Waals surface area contributed by atoms with E-state index in [1.165, 1.54) is 199 Å². The van der Waals surface area contributed by atoms with E-state index in [1.54, 1.807) is 0 Å². The van der Waals surface area contributed by atoms with Gasteiger partial charge in [0.1, 0.15) is 6.61 Å². The van der Waals surface area contributed by atoms with Gasteiger partial charge in [-0.2, -0.15) is 0 Å². The Morgan fingerprint density at radius 1 is 0.333 bits per heavy atom. The Morgan fingerprint density at radius 3 is 0.917 bits per heavy atom. The molecule has 72 heavy (non-hydrogen) atoms. The van der Waals surface area contributed by atoms with Gasteiger partial charge in [0.15, 0.2) is 6.10 Å². The van der Waals surface area contributed by atoms with Crippen LogP contribution in [0.25, 0.3) is 0 Å². The molecular weight excluding hydrogens is 885 g/mol. The zero-order chi connectivity index (χ0) is 52.0. The Bertz CT molecular complexity index is 1320. The number of hydrogen-bond acceptors (Lipinski definition) is 5. The van der Waals surface area contributed by atoms with Crippen molar-refractivity contribution in [2.24, 2.45) is 0 Å². The molecule has 0 saturated heterocycles. The number of carbonyl (C=O) groups is 2. The van der Waals surface area contributed by atoms with E-state index < -0.39 is 6.10 Å². The van der Waals surface area contributed by atoms with Crippen molar-refractivity contribution < 1.29 is 24.2 Å². The highest BCUT2D eigenvalue weighted by Gasteiger charge is 2.16. The van der Waals surface area contributed by atoms with E-state index in [4.69, 9.17) is 9.47 Å². The fraction of sp³-hybridized carbons (Fsp3) is 0.761. The first-order valence-corrected chi connectivity index (χ1v) is 31.1. The minimum atomic E-state index is -0.781. The van der Waals surface area contributed by atoms with Gasteiger partial charge in [-0.25, -0.2) is 0 Å². The summed E-state index contributed by atoms with van der Waals surface area (Å²) in [4.78, 5) is 24.6. The average Bonchev–Trinajstić information content (AvgIpc) is 3.38. The number of unbranched alkanes of at least 4 members (excludes halogenated alkanes) is 35. The van der Waals surface area contributed by atoms with Crippen molar-refractivity contribution in [2.75, 3.05) is 13.2 Å². The van der Waals surface area contributed by atoms with Crippen LogP contribution in [0.15, 0.2) is 85.1 Å². The average molecular weight is 1000 g/mol. The predicted octanol–water partition coefficient (Wildman–Crippen LogP) is 21.3. The highest BCUT2D eigenvalue weighted by molar-refractivity contribution is 5.70. The van der Waals surface area contributed by atoms with Crippen LogP contribution in [-0.2, 0) is 19.1 Å². The van der Waals surface area contributed by atoms with Crippen LogP contribution >= 0.6 is 0 Å². The van der Waals surface area contributed by atoms with Crippen molar-refractivity contribution in [3.8, 4) is 0 Å². The Balaban J connectivity index is 3.48. The van der Waals surface area contributed by atoms with Crippen molar-refractivity contribution >= 4 is 11.9 Å². The quantitative estimate of drug-likeness (QED) is 0.0373. The van der Waals surface area contributed by atoms with Gasteiger partial charge in [0, 0.05) is 12.8 Å². The second-order valence-corrected chi connectivity index (χ2v) is 20.8. The van der Waals surface area contributed by atoms with Crippen LogP contribution in [0.1, 0.15) is 309 Å². The van der Waals surface area contributed by atoms with Gasteiger partial charge in [0.25, 0.3) is 0 Å². The first kappa shape index (κ1) is 69.1. The summed E-state index contributed by atoms with van der Waals surface area (Å²) < 4.78 is 10.7. The van der Waals surface area contributed by atoms with Gasteiger partial charge in [-0.05, 0) is 89.9 Å². The fourth-order valence-electron chi connectivity index (χ4n) is 9.03. The van der Waals surface area contributed by atoms with E-state index in [0.29, 0.717) is 12.8 Å². The monoisotopic (exact) mass is 1000 g/mol. The summed E-state index contributed by atoms with van der Waals surface area (Å²) >= 11 is 0. The van der Waals surface area contributed by atoms with Crippen molar-refractivity contribution in [3.05, 3.63) is 85.1 Å². The van der Waals surface area contributed by atoms with E-state index in [9.17, 15) is 14.7 Å². The molecule has 0 aliphatic rings. The Morgan fingerprint density at radius 2 is 0.597 bits per heavy atom. The molecule has 0 aliphatic heterocycles. The number of allylic oxidation sites excluding steroid dienone is 14. The molecule has 0 fully saturated rings. The molecule has 0 aliphatic carbocycles. The first-order chi connectivity index (χ1) is 35.6. The number of carbonyl (C=O) groups excluding carboxylic acids is 2. The van der Waals surface area contributed by atoms with E-state index in [-0.39, 0.29) is 25.2 Å². The summed E-state index contributed by atoms with van der Waals surface area (Å²) in [5, 5.41) is 9.68. The molecule has 0 rings (SSSR count). The van der Waals surface area contributed by atoms with Gasteiger partial charge >= 0.3 is 11.9 Å². The molecule has 0 saturated carbocycles. The maximum Gasteiger partial charge on any atom is 0.306 e. The zero-order valence-electron chi connectivity index (χ0n) is 47.7. The fourth-order valence-corrected chi connectivity index (χ4v) is 9.03. The largest absolute Gasteiger partial charge is 0.462 e. The smallest absolute Gasteiger partial charge is 0.306 e. The number of aliphatic hydroxyl groups excluding tert-OH is 1. The maximum atomic E-state index is 12.3.